The monoisotopic (exact) mass is 356 g/mol. The van der Waals surface area contributed by atoms with Crippen LogP contribution in [-0.4, -0.2) is 22.3 Å². The van der Waals surface area contributed by atoms with Gasteiger partial charge in [0.1, 0.15) is 5.75 Å². The van der Waals surface area contributed by atoms with Crippen LogP contribution in [0.2, 0.25) is 0 Å². The minimum Gasteiger partial charge on any atom is -0.508 e. The van der Waals surface area contributed by atoms with Crippen LogP contribution < -0.4 is 5.46 Å². The van der Waals surface area contributed by atoms with Gasteiger partial charge >= 0.3 is 7.12 Å². The summed E-state index contributed by atoms with van der Waals surface area (Å²) in [5.41, 5.74) is 4.49. The second-order valence-electron chi connectivity index (χ2n) is 5.80. The van der Waals surface area contributed by atoms with Crippen molar-refractivity contribution in [2.45, 2.75) is 6.92 Å². The van der Waals surface area contributed by atoms with Gasteiger partial charge in [-0.1, -0.05) is 30.3 Å². The number of phenols is 1. The van der Waals surface area contributed by atoms with Gasteiger partial charge in [-0.05, 0) is 65.5 Å². The van der Waals surface area contributed by atoms with E-state index < -0.39 is 7.12 Å². The van der Waals surface area contributed by atoms with E-state index in [-0.39, 0.29) is 0 Å². The average molecular weight is 356 g/mol. The SMILES string of the molecule is Cc1cc(-c2ccc(C#N)cc2)ccc1O.N#Cc1ccc(B(O)O)cc1. The molecule has 5 nitrogen and oxygen atoms in total. The van der Waals surface area contributed by atoms with E-state index >= 15 is 0 Å². The number of phenolic OH excluding ortho intramolecular Hbond substituents is 1. The fourth-order valence-electron chi connectivity index (χ4n) is 2.30. The fraction of sp³-hybridized carbons (Fsp3) is 0.0476. The Morgan fingerprint density at radius 2 is 1.22 bits per heavy atom. The Bertz CT molecular complexity index is 986. The first kappa shape index (κ1) is 19.7. The summed E-state index contributed by atoms with van der Waals surface area (Å²) in [7, 11) is -1.46. The zero-order valence-corrected chi connectivity index (χ0v) is 14.7. The van der Waals surface area contributed by atoms with Gasteiger partial charge in [-0.2, -0.15) is 10.5 Å². The molecular weight excluding hydrogens is 339 g/mol. The summed E-state index contributed by atoms with van der Waals surface area (Å²) in [6.45, 7) is 1.86. The largest absolute Gasteiger partial charge is 0.508 e. The molecule has 6 heteroatoms. The molecule has 132 valence electrons. The van der Waals surface area contributed by atoms with Crippen molar-refractivity contribution in [1.29, 1.82) is 10.5 Å². The predicted molar refractivity (Wildman–Crippen MR) is 104 cm³/mol. The molecule has 27 heavy (non-hydrogen) atoms. The molecule has 0 unspecified atom stereocenters. The molecule has 0 amide bonds. The maximum Gasteiger partial charge on any atom is 0.488 e. The topological polar surface area (TPSA) is 108 Å². The molecule has 0 aliphatic carbocycles. The van der Waals surface area contributed by atoms with Gasteiger partial charge < -0.3 is 15.2 Å². The van der Waals surface area contributed by atoms with Gasteiger partial charge in [-0.15, -0.1) is 0 Å². The fourth-order valence-corrected chi connectivity index (χ4v) is 2.30. The molecule has 0 saturated carbocycles. The third kappa shape index (κ3) is 5.45. The summed E-state index contributed by atoms with van der Waals surface area (Å²) in [5, 5.41) is 43.8. The average Bonchev–Trinajstić information content (AvgIpc) is 2.70. The van der Waals surface area contributed by atoms with E-state index in [1.807, 2.05) is 37.3 Å². The highest BCUT2D eigenvalue weighted by Crippen LogP contribution is 2.25. The van der Waals surface area contributed by atoms with Crippen LogP contribution >= 0.6 is 0 Å². The first-order valence-corrected chi connectivity index (χ1v) is 8.11. The summed E-state index contributed by atoms with van der Waals surface area (Å²) < 4.78 is 0. The zero-order chi connectivity index (χ0) is 19.8. The zero-order valence-electron chi connectivity index (χ0n) is 14.7. The molecule has 0 saturated heterocycles. The van der Waals surface area contributed by atoms with Crippen molar-refractivity contribution in [3.8, 4) is 29.0 Å². The second-order valence-corrected chi connectivity index (χ2v) is 5.80. The van der Waals surface area contributed by atoms with Crippen LogP contribution in [0.5, 0.6) is 5.75 Å². The van der Waals surface area contributed by atoms with Crippen molar-refractivity contribution in [2.24, 2.45) is 0 Å². The Morgan fingerprint density at radius 1 is 0.741 bits per heavy atom. The number of aryl methyl sites for hydroxylation is 1. The minimum absolute atomic E-state index is 0.303. The molecule has 3 N–H and O–H groups in total. The minimum atomic E-state index is -1.46. The van der Waals surface area contributed by atoms with Crippen molar-refractivity contribution in [2.75, 3.05) is 0 Å². The van der Waals surface area contributed by atoms with E-state index in [2.05, 4.69) is 6.07 Å². The smallest absolute Gasteiger partial charge is 0.488 e. The number of rotatable bonds is 2. The lowest BCUT2D eigenvalue weighted by Gasteiger charge is -2.04. The number of nitrogens with zero attached hydrogens (tertiary/aromatic N) is 2. The molecular formula is C21H17BN2O3. The van der Waals surface area contributed by atoms with E-state index in [9.17, 15) is 5.11 Å². The Balaban J connectivity index is 0.000000208. The molecule has 3 rings (SSSR count). The van der Waals surface area contributed by atoms with Gasteiger partial charge in [0, 0.05) is 0 Å². The molecule has 0 heterocycles. The molecule has 0 bridgehead atoms. The van der Waals surface area contributed by atoms with Gasteiger partial charge in [0.25, 0.3) is 0 Å². The summed E-state index contributed by atoms with van der Waals surface area (Å²) >= 11 is 0. The van der Waals surface area contributed by atoms with Crippen LogP contribution in [0.25, 0.3) is 11.1 Å². The first-order chi connectivity index (χ1) is 12.9. The summed E-state index contributed by atoms with van der Waals surface area (Å²) in [5.74, 6) is 0.303. The normalized spacial score (nSPS) is 9.37. The molecule has 3 aromatic rings. The Kier molecular flexibility index (Phi) is 6.74. The third-order valence-corrected chi connectivity index (χ3v) is 3.88. The van der Waals surface area contributed by atoms with Crippen molar-refractivity contribution in [3.63, 3.8) is 0 Å². The summed E-state index contributed by atoms with van der Waals surface area (Å²) in [6, 6.07) is 23.0. The van der Waals surface area contributed by atoms with Crippen LogP contribution in [0.15, 0.2) is 66.7 Å². The second kappa shape index (κ2) is 9.21. The van der Waals surface area contributed by atoms with E-state index in [4.69, 9.17) is 20.6 Å². The van der Waals surface area contributed by atoms with Gasteiger partial charge in [-0.25, -0.2) is 0 Å². The number of hydrogen-bond acceptors (Lipinski definition) is 5. The van der Waals surface area contributed by atoms with E-state index in [1.54, 1.807) is 18.2 Å². The van der Waals surface area contributed by atoms with Gasteiger partial charge in [-0.3, -0.25) is 0 Å². The summed E-state index contributed by atoms with van der Waals surface area (Å²) in [4.78, 5) is 0. The summed E-state index contributed by atoms with van der Waals surface area (Å²) in [6.07, 6.45) is 0. The van der Waals surface area contributed by atoms with Crippen LogP contribution in [-0.2, 0) is 0 Å². The lowest BCUT2D eigenvalue weighted by atomic mass is 9.80. The van der Waals surface area contributed by atoms with Crippen molar-refractivity contribution < 1.29 is 15.2 Å². The Labute approximate surface area is 158 Å². The van der Waals surface area contributed by atoms with Gasteiger partial charge in [0.15, 0.2) is 0 Å². The quantitative estimate of drug-likeness (QED) is 0.612. The Morgan fingerprint density at radius 3 is 1.67 bits per heavy atom. The lowest BCUT2D eigenvalue weighted by Crippen LogP contribution is -2.29. The molecule has 3 aromatic carbocycles. The number of aromatic hydroxyl groups is 1. The highest BCUT2D eigenvalue weighted by molar-refractivity contribution is 6.58. The standard InChI is InChI=1S/C14H11NO.C7H6BNO2/c1-10-8-13(6-7-14(10)16)12-4-2-11(9-15)3-5-12;9-5-6-1-3-7(4-2-6)8(10)11/h2-8,16H,1H3;1-4,10-11H. The van der Waals surface area contributed by atoms with Crippen molar-refractivity contribution in [3.05, 3.63) is 83.4 Å². The molecule has 0 spiro atoms. The van der Waals surface area contributed by atoms with Crippen LogP contribution in [0.3, 0.4) is 0 Å². The highest BCUT2D eigenvalue weighted by Gasteiger charge is 2.09. The molecule has 0 fully saturated rings. The first-order valence-electron chi connectivity index (χ1n) is 8.11. The maximum atomic E-state index is 9.43. The van der Waals surface area contributed by atoms with E-state index in [0.717, 1.165) is 16.7 Å². The van der Waals surface area contributed by atoms with Crippen LogP contribution in [0.4, 0.5) is 0 Å². The van der Waals surface area contributed by atoms with Crippen molar-refractivity contribution in [1.82, 2.24) is 0 Å². The molecule has 0 aliphatic rings. The van der Waals surface area contributed by atoms with Crippen LogP contribution in [0.1, 0.15) is 16.7 Å². The third-order valence-electron chi connectivity index (χ3n) is 3.88. The van der Waals surface area contributed by atoms with E-state index in [1.165, 1.54) is 24.3 Å². The molecule has 0 atom stereocenters. The maximum absolute atomic E-state index is 9.43. The van der Waals surface area contributed by atoms with Crippen molar-refractivity contribution >= 4 is 12.6 Å². The number of nitriles is 2. The highest BCUT2D eigenvalue weighted by atomic mass is 16.4. The van der Waals surface area contributed by atoms with Crippen LogP contribution in [0, 0.1) is 29.6 Å². The van der Waals surface area contributed by atoms with Gasteiger partial charge in [0.2, 0.25) is 0 Å². The molecule has 0 radical (unpaired) electrons. The molecule has 0 aromatic heterocycles. The van der Waals surface area contributed by atoms with E-state index in [0.29, 0.717) is 22.3 Å². The predicted octanol–water partition coefficient (Wildman–Crippen LogP) is 2.48. The van der Waals surface area contributed by atoms with Gasteiger partial charge in [0.05, 0.1) is 23.3 Å². The number of hydrogen-bond donors (Lipinski definition) is 3. The Hall–Kier alpha value is -3.58. The molecule has 0 aliphatic heterocycles. The lowest BCUT2D eigenvalue weighted by molar-refractivity contribution is 0.426. The number of benzene rings is 3.